The quantitative estimate of drug-likeness (QED) is 0.814. The lowest BCUT2D eigenvalue weighted by molar-refractivity contribution is -0.131. The van der Waals surface area contributed by atoms with Crippen LogP contribution in [-0.4, -0.2) is 17.0 Å². The van der Waals surface area contributed by atoms with Gasteiger partial charge in [-0.25, -0.2) is 4.79 Å². The molecule has 0 aliphatic heterocycles. The Kier molecular flexibility index (Phi) is 4.29. The van der Waals surface area contributed by atoms with E-state index in [-0.39, 0.29) is 5.57 Å². The van der Waals surface area contributed by atoms with Gasteiger partial charge in [0, 0.05) is 22.4 Å². The van der Waals surface area contributed by atoms with Crippen LogP contribution in [0.3, 0.4) is 0 Å². The lowest BCUT2D eigenvalue weighted by Crippen LogP contribution is -2.14. The van der Waals surface area contributed by atoms with Gasteiger partial charge in [0.25, 0.3) is 5.91 Å². The second kappa shape index (κ2) is 5.50. The van der Waals surface area contributed by atoms with Gasteiger partial charge in [0.15, 0.2) is 0 Å². The van der Waals surface area contributed by atoms with Crippen LogP contribution >= 0.6 is 11.6 Å². The summed E-state index contributed by atoms with van der Waals surface area (Å²) in [5, 5.41) is 11.7. The minimum Gasteiger partial charge on any atom is -0.478 e. The van der Waals surface area contributed by atoms with Crippen molar-refractivity contribution in [3.05, 3.63) is 40.4 Å². The first kappa shape index (κ1) is 13.3. The van der Waals surface area contributed by atoms with Crippen molar-refractivity contribution in [3.63, 3.8) is 0 Å². The Hall–Kier alpha value is -1.81. The second-order valence-electron chi connectivity index (χ2n) is 3.53. The summed E-state index contributed by atoms with van der Waals surface area (Å²) in [7, 11) is 0. The van der Waals surface area contributed by atoms with Gasteiger partial charge < -0.3 is 10.4 Å². The van der Waals surface area contributed by atoms with Crippen molar-refractivity contribution in [1.82, 2.24) is 0 Å². The van der Waals surface area contributed by atoms with Crippen LogP contribution in [0.15, 0.2) is 29.8 Å². The molecule has 5 heteroatoms. The van der Waals surface area contributed by atoms with Crippen LogP contribution in [0.2, 0.25) is 5.02 Å². The zero-order valence-corrected chi connectivity index (χ0v) is 10.2. The van der Waals surface area contributed by atoms with Crippen molar-refractivity contribution in [3.8, 4) is 0 Å². The summed E-state index contributed by atoms with van der Waals surface area (Å²) in [5.74, 6) is -1.61. The van der Waals surface area contributed by atoms with Gasteiger partial charge in [-0.1, -0.05) is 17.7 Å². The summed E-state index contributed by atoms with van der Waals surface area (Å²) >= 11 is 5.90. The number of carbonyl (C=O) groups is 2. The van der Waals surface area contributed by atoms with Crippen molar-refractivity contribution in [2.45, 2.75) is 13.8 Å². The number of hydrogen-bond donors (Lipinski definition) is 2. The van der Waals surface area contributed by atoms with E-state index in [1.54, 1.807) is 25.1 Å². The second-order valence-corrected chi connectivity index (χ2v) is 3.94. The molecule has 0 aromatic heterocycles. The Labute approximate surface area is 104 Å². The minimum atomic E-state index is -1.15. The topological polar surface area (TPSA) is 66.4 Å². The number of benzene rings is 1. The van der Waals surface area contributed by atoms with E-state index < -0.39 is 11.9 Å². The zero-order valence-electron chi connectivity index (χ0n) is 9.45. The molecule has 17 heavy (non-hydrogen) atoms. The first-order valence-electron chi connectivity index (χ1n) is 4.89. The molecule has 0 aliphatic carbocycles. The monoisotopic (exact) mass is 253 g/mol. The molecule has 0 fully saturated rings. The molecule has 0 unspecified atom stereocenters. The van der Waals surface area contributed by atoms with Crippen LogP contribution < -0.4 is 5.32 Å². The summed E-state index contributed by atoms with van der Waals surface area (Å²) in [5.41, 5.74) is 1.43. The molecule has 0 atom stereocenters. The van der Waals surface area contributed by atoms with Crippen LogP contribution in [0.1, 0.15) is 12.5 Å². The molecule has 1 aromatic rings. The molecule has 0 aliphatic rings. The van der Waals surface area contributed by atoms with Crippen LogP contribution in [0, 0.1) is 6.92 Å². The smallest absolute Gasteiger partial charge is 0.328 e. The van der Waals surface area contributed by atoms with Gasteiger partial charge in [0.05, 0.1) is 0 Å². The zero-order chi connectivity index (χ0) is 13.0. The normalized spacial score (nSPS) is 11.1. The van der Waals surface area contributed by atoms with Crippen LogP contribution in [0.4, 0.5) is 5.69 Å². The number of nitrogens with one attached hydrogen (secondary N) is 1. The fourth-order valence-electron chi connectivity index (χ4n) is 1.21. The molecule has 0 saturated carbocycles. The summed E-state index contributed by atoms with van der Waals surface area (Å²) in [4.78, 5) is 22.0. The number of halogens is 1. The standard InChI is InChI=1S/C12H12ClNO3/c1-7(6-11(15)16)12(17)14-10-5-3-4-9(13)8(10)2/h3-6H,1-2H3,(H,14,17)(H,15,16)/b7-6+. The number of anilines is 1. The van der Waals surface area contributed by atoms with E-state index in [0.29, 0.717) is 10.7 Å². The first-order chi connectivity index (χ1) is 7.91. The highest BCUT2D eigenvalue weighted by Crippen LogP contribution is 2.23. The Morgan fingerprint density at radius 2 is 2.06 bits per heavy atom. The molecular formula is C12H12ClNO3. The van der Waals surface area contributed by atoms with E-state index in [4.69, 9.17) is 16.7 Å². The highest BCUT2D eigenvalue weighted by atomic mass is 35.5. The highest BCUT2D eigenvalue weighted by molar-refractivity contribution is 6.31. The number of carbonyl (C=O) groups excluding carboxylic acids is 1. The van der Waals surface area contributed by atoms with Gasteiger partial charge in [-0.2, -0.15) is 0 Å². The minimum absolute atomic E-state index is 0.122. The Bertz CT molecular complexity index is 495. The SMILES string of the molecule is C/C(=C\C(=O)O)C(=O)Nc1cccc(Cl)c1C. The third-order valence-electron chi connectivity index (χ3n) is 2.21. The fourth-order valence-corrected chi connectivity index (χ4v) is 1.39. The predicted molar refractivity (Wildman–Crippen MR) is 66.2 cm³/mol. The number of carboxylic acid groups (broad SMARTS) is 1. The third kappa shape index (κ3) is 3.60. The van der Waals surface area contributed by atoms with Crippen LogP contribution in [-0.2, 0) is 9.59 Å². The van der Waals surface area contributed by atoms with E-state index in [1.807, 2.05) is 0 Å². The van der Waals surface area contributed by atoms with E-state index in [0.717, 1.165) is 11.6 Å². The van der Waals surface area contributed by atoms with Gasteiger partial charge in [-0.3, -0.25) is 4.79 Å². The van der Waals surface area contributed by atoms with Crippen molar-refractivity contribution in [2.75, 3.05) is 5.32 Å². The maximum absolute atomic E-state index is 11.6. The van der Waals surface area contributed by atoms with Gasteiger partial charge in [-0.15, -0.1) is 0 Å². The molecule has 1 rings (SSSR count). The average molecular weight is 254 g/mol. The Balaban J connectivity index is 2.89. The summed E-state index contributed by atoms with van der Waals surface area (Å²) in [6.07, 6.45) is 0.856. The van der Waals surface area contributed by atoms with Crippen molar-refractivity contribution in [2.24, 2.45) is 0 Å². The molecule has 0 heterocycles. The van der Waals surface area contributed by atoms with E-state index in [1.165, 1.54) is 6.92 Å². The van der Waals surface area contributed by atoms with Gasteiger partial charge in [0.2, 0.25) is 0 Å². The molecular weight excluding hydrogens is 242 g/mol. The number of carboxylic acids is 1. The third-order valence-corrected chi connectivity index (χ3v) is 2.62. The Morgan fingerprint density at radius 3 is 2.65 bits per heavy atom. The summed E-state index contributed by atoms with van der Waals surface area (Å²) in [6.45, 7) is 3.21. The molecule has 0 spiro atoms. The van der Waals surface area contributed by atoms with E-state index in [2.05, 4.69) is 5.32 Å². The van der Waals surface area contributed by atoms with Gasteiger partial charge in [0.1, 0.15) is 0 Å². The molecule has 1 amide bonds. The van der Waals surface area contributed by atoms with Crippen molar-refractivity contribution >= 4 is 29.2 Å². The van der Waals surface area contributed by atoms with Gasteiger partial charge >= 0.3 is 5.97 Å². The number of amides is 1. The lowest BCUT2D eigenvalue weighted by Gasteiger charge is -2.09. The van der Waals surface area contributed by atoms with Crippen LogP contribution in [0.25, 0.3) is 0 Å². The summed E-state index contributed by atoms with van der Waals surface area (Å²) < 4.78 is 0. The van der Waals surface area contributed by atoms with Crippen molar-refractivity contribution < 1.29 is 14.7 Å². The maximum atomic E-state index is 11.6. The molecule has 2 N–H and O–H groups in total. The molecule has 90 valence electrons. The largest absolute Gasteiger partial charge is 0.478 e. The molecule has 4 nitrogen and oxygen atoms in total. The van der Waals surface area contributed by atoms with Gasteiger partial charge in [-0.05, 0) is 31.5 Å². The number of aliphatic carboxylic acids is 1. The lowest BCUT2D eigenvalue weighted by atomic mass is 10.2. The highest BCUT2D eigenvalue weighted by Gasteiger charge is 2.09. The molecule has 0 bridgehead atoms. The fraction of sp³-hybridized carbons (Fsp3) is 0.167. The predicted octanol–water partition coefficient (Wildman–Crippen LogP) is 2.62. The van der Waals surface area contributed by atoms with E-state index in [9.17, 15) is 9.59 Å². The average Bonchev–Trinajstić information content (AvgIpc) is 2.23. The van der Waals surface area contributed by atoms with E-state index >= 15 is 0 Å². The summed E-state index contributed by atoms with van der Waals surface area (Å²) in [6, 6.07) is 5.13. The Morgan fingerprint density at radius 1 is 1.41 bits per heavy atom. The molecule has 0 radical (unpaired) electrons. The maximum Gasteiger partial charge on any atom is 0.328 e. The van der Waals surface area contributed by atoms with Crippen LogP contribution in [0.5, 0.6) is 0 Å². The first-order valence-corrected chi connectivity index (χ1v) is 5.27. The number of rotatable bonds is 3. The number of hydrogen-bond acceptors (Lipinski definition) is 2. The molecule has 1 aromatic carbocycles. The molecule has 0 saturated heterocycles. The van der Waals surface area contributed by atoms with Crippen molar-refractivity contribution in [1.29, 1.82) is 0 Å².